The van der Waals surface area contributed by atoms with E-state index in [0.717, 1.165) is 24.2 Å². The molecule has 15 nitrogen and oxygen atoms in total. The Balaban J connectivity index is 1.73. The first-order valence-electron chi connectivity index (χ1n) is 25.2. The van der Waals surface area contributed by atoms with E-state index in [1.165, 1.54) is 6.92 Å². The third-order valence-electron chi connectivity index (χ3n) is 14.1. The maximum Gasteiger partial charge on any atom is 0.338 e. The first kappa shape index (κ1) is 62.4. The molecule has 2 fully saturated rings. The van der Waals surface area contributed by atoms with Crippen LogP contribution in [-0.2, 0) is 63.2 Å². The third kappa shape index (κ3) is 18.3. The third-order valence-corrected chi connectivity index (χ3v) is 19.4. The van der Waals surface area contributed by atoms with Crippen LogP contribution in [0.4, 0.5) is 0 Å². The summed E-state index contributed by atoms with van der Waals surface area (Å²) in [6, 6.07) is 14.5. The number of halogens is 2. The Morgan fingerprint density at radius 2 is 1.49 bits per heavy atom. The summed E-state index contributed by atoms with van der Waals surface area (Å²) in [5, 5.41) is -0.769. The average Bonchev–Trinajstić information content (AvgIpc) is 3.36. The lowest BCUT2D eigenvalue weighted by Gasteiger charge is -2.56. The molecule has 2 aliphatic rings. The first-order valence-corrected chi connectivity index (χ1v) is 29.1. The van der Waals surface area contributed by atoms with Crippen molar-refractivity contribution < 1.29 is 70.9 Å². The number of benzene rings is 2. The number of unbranched alkanes of at least 4 members (excludes halogenated alkanes) is 1. The monoisotopic (exact) mass is 1080 g/mol. The highest BCUT2D eigenvalue weighted by Crippen LogP contribution is 2.48. The minimum absolute atomic E-state index is 0.0474. The molecule has 1 unspecified atom stereocenters. The zero-order valence-corrected chi connectivity index (χ0v) is 48.0. The van der Waals surface area contributed by atoms with Crippen molar-refractivity contribution in [1.29, 1.82) is 0 Å². The van der Waals surface area contributed by atoms with Gasteiger partial charge in [-0.25, -0.2) is 4.79 Å². The number of alkyl halides is 2. The van der Waals surface area contributed by atoms with E-state index in [1.807, 2.05) is 31.2 Å². The first-order chi connectivity index (χ1) is 34.7. The molecule has 2 aromatic rings. The zero-order valence-electron chi connectivity index (χ0n) is 45.5. The van der Waals surface area contributed by atoms with E-state index in [0.29, 0.717) is 36.5 Å². The van der Waals surface area contributed by atoms with Gasteiger partial charge in [0.15, 0.2) is 14.1 Å². The summed E-state index contributed by atoms with van der Waals surface area (Å²) in [6.07, 6.45) is 0.714. The molecular weight excluding hydrogens is 1000 g/mol. The number of carbonyl (C=O) groups excluding carboxylic acids is 2. The van der Waals surface area contributed by atoms with E-state index in [4.69, 9.17) is 84.5 Å². The number of ether oxygens (including phenoxy) is 12. The molecule has 0 radical (unpaired) electrons. The number of esters is 2. The van der Waals surface area contributed by atoms with Gasteiger partial charge in [-0.3, -0.25) is 4.79 Å². The summed E-state index contributed by atoms with van der Waals surface area (Å²) in [4.78, 5) is 26.4. The largest absolute Gasteiger partial charge is 0.497 e. The lowest BCUT2D eigenvalue weighted by Crippen LogP contribution is -2.69. The fourth-order valence-corrected chi connectivity index (χ4v) is 10.5. The van der Waals surface area contributed by atoms with Crippen LogP contribution in [0.1, 0.15) is 96.0 Å². The molecule has 4 rings (SSSR count). The van der Waals surface area contributed by atoms with E-state index < -0.39 is 86.2 Å². The summed E-state index contributed by atoms with van der Waals surface area (Å²) >= 11 is 12.5. The minimum atomic E-state index is -2.72. The van der Waals surface area contributed by atoms with Gasteiger partial charge in [0.1, 0.15) is 49.5 Å². The van der Waals surface area contributed by atoms with Gasteiger partial charge in [0.05, 0.1) is 56.2 Å². The van der Waals surface area contributed by atoms with Gasteiger partial charge in [-0.1, -0.05) is 65.0 Å². The van der Waals surface area contributed by atoms with Crippen molar-refractivity contribution in [1.82, 2.24) is 0 Å². The lowest BCUT2D eigenvalue weighted by molar-refractivity contribution is -0.359. The summed E-state index contributed by atoms with van der Waals surface area (Å²) in [5.41, 5.74) is 2.08. The number of hydrogen-bond donors (Lipinski definition) is 0. The van der Waals surface area contributed by atoms with Crippen molar-refractivity contribution in [2.75, 3.05) is 61.6 Å². The molecule has 2 heterocycles. The number of carbonyl (C=O) groups is 2. The Bertz CT molecular complexity index is 2000. The van der Waals surface area contributed by atoms with Crippen molar-refractivity contribution in [3.8, 4) is 11.5 Å². The molecule has 18 heteroatoms. The second kappa shape index (κ2) is 30.0. The molecule has 0 spiro atoms. The van der Waals surface area contributed by atoms with E-state index in [2.05, 4.69) is 47.4 Å². The summed E-state index contributed by atoms with van der Waals surface area (Å²) in [7, 11) is 5.20. The Labute approximate surface area is 446 Å². The lowest BCUT2D eigenvalue weighted by atomic mass is 9.78. The molecule has 2 saturated heterocycles. The number of methoxy groups -OCH3 is 5. The van der Waals surface area contributed by atoms with Crippen LogP contribution in [0, 0.1) is 11.8 Å². The summed E-state index contributed by atoms with van der Waals surface area (Å²) in [6.45, 7) is 21.8. The minimum Gasteiger partial charge on any atom is -0.497 e. The predicted molar refractivity (Wildman–Crippen MR) is 284 cm³/mol. The van der Waals surface area contributed by atoms with Crippen LogP contribution in [0.3, 0.4) is 0 Å². The number of rotatable bonds is 30. The highest BCUT2D eigenvalue weighted by atomic mass is 35.5. The summed E-state index contributed by atoms with van der Waals surface area (Å²) < 4.78 is 81.8. The van der Waals surface area contributed by atoms with Crippen molar-refractivity contribution in [2.45, 2.75) is 165 Å². The van der Waals surface area contributed by atoms with Gasteiger partial charge in [-0.2, -0.15) is 0 Å². The Hall–Kier alpha value is -3.10. The molecule has 2 aromatic carbocycles. The Kier molecular flexibility index (Phi) is 25.7. The van der Waals surface area contributed by atoms with Gasteiger partial charge in [0, 0.05) is 65.4 Å². The van der Waals surface area contributed by atoms with Crippen LogP contribution in [0.2, 0.25) is 18.1 Å². The second-order valence-electron chi connectivity index (χ2n) is 20.5. The van der Waals surface area contributed by atoms with Gasteiger partial charge in [-0.15, -0.1) is 23.2 Å². The quantitative estimate of drug-likeness (QED) is 0.0182. The highest BCUT2D eigenvalue weighted by molar-refractivity contribution is 6.74. The van der Waals surface area contributed by atoms with Crippen LogP contribution < -0.4 is 9.47 Å². The van der Waals surface area contributed by atoms with Crippen LogP contribution in [0.15, 0.2) is 72.8 Å². The second-order valence-corrected chi connectivity index (χ2v) is 26.2. The van der Waals surface area contributed by atoms with Gasteiger partial charge in [0.25, 0.3) is 0 Å². The SMILES string of the molecule is C=C(C[C@@H](/C=C/C(Cl)CCl)OC(=O)c1ccc(OC)cc1)C[C@H]1O[C@@H]([C@H](O[Si](C)(C)C(C)(C)C)[C@@]2(OC)C[C@H](OC(C)=O)[C@@H](C)[C@@H](CCCCOCc3ccc(OC)cc3)O2)[C@H](C)[C@@H](OCOC)[C@@H]1OCOC. The van der Waals surface area contributed by atoms with E-state index >= 15 is 0 Å². The summed E-state index contributed by atoms with van der Waals surface area (Å²) in [5.74, 6) is -1.50. The number of allylic oxidation sites excluding steroid dienone is 1. The zero-order chi connectivity index (χ0) is 53.9. The van der Waals surface area contributed by atoms with Crippen molar-refractivity contribution in [2.24, 2.45) is 11.8 Å². The fraction of sp³-hybridized carbons (Fsp3) is 0.673. The molecule has 0 amide bonds. The van der Waals surface area contributed by atoms with Crippen LogP contribution in [0.5, 0.6) is 11.5 Å². The maximum atomic E-state index is 13.5. The smallest absolute Gasteiger partial charge is 0.338 e. The Morgan fingerprint density at radius 3 is 2.05 bits per heavy atom. The predicted octanol–water partition coefficient (Wildman–Crippen LogP) is 10.8. The average molecular weight is 1080 g/mol. The highest BCUT2D eigenvalue weighted by Gasteiger charge is 2.61. The van der Waals surface area contributed by atoms with Crippen LogP contribution in [0.25, 0.3) is 0 Å². The van der Waals surface area contributed by atoms with Gasteiger partial charge in [0.2, 0.25) is 0 Å². The van der Waals surface area contributed by atoms with Crippen molar-refractivity contribution in [3.05, 3.63) is 84.0 Å². The van der Waals surface area contributed by atoms with Gasteiger partial charge >= 0.3 is 11.9 Å². The molecule has 0 aromatic heterocycles. The standard InChI is InChI=1S/C55H84Cl2O15Si/c1-36(29-45(27-22-42(57)32-56)69-53(59)41-20-25-44(63-11)26-21-41)30-47-51(67-35-61-9)49(66-34-60-8)38(3)50(70-47)52(72-73(13,14)54(5,6)7)55(64-12)31-48(68-39(4)58)37(2)46(71-55)17-15-16-28-65-33-40-18-23-43(62-10)24-19-40/h18-27,37-38,42,45-52H,1,15-17,28-35H2,2-14H3/b27-22+/t37-,38+,42?,45+,46+,47+,48-,49+,50+,51+,52-,55+/m0/s1. The molecule has 12 atom stereocenters. The molecule has 0 aliphatic carbocycles. The molecule has 0 saturated carbocycles. The maximum absolute atomic E-state index is 13.5. The van der Waals surface area contributed by atoms with Crippen LogP contribution in [-0.4, -0.2) is 142 Å². The molecule has 0 bridgehead atoms. The fourth-order valence-electron chi connectivity index (χ4n) is 8.98. The van der Waals surface area contributed by atoms with E-state index in [1.54, 1.807) is 72.0 Å². The van der Waals surface area contributed by atoms with E-state index in [9.17, 15) is 9.59 Å². The normalized spacial score (nSPS) is 26.0. The van der Waals surface area contributed by atoms with Crippen molar-refractivity contribution >= 4 is 43.5 Å². The molecule has 412 valence electrons. The molecule has 73 heavy (non-hydrogen) atoms. The Morgan fingerprint density at radius 1 is 0.877 bits per heavy atom. The van der Waals surface area contributed by atoms with Gasteiger partial charge in [-0.05, 0) is 91.9 Å². The molecular formula is C55H84Cl2O15Si. The molecule has 0 N–H and O–H groups in total. The van der Waals surface area contributed by atoms with Crippen molar-refractivity contribution in [3.63, 3.8) is 0 Å². The van der Waals surface area contributed by atoms with Gasteiger partial charge < -0.3 is 61.3 Å². The topological polar surface area (TPSA) is 154 Å². The number of hydrogen-bond acceptors (Lipinski definition) is 15. The van der Waals surface area contributed by atoms with E-state index in [-0.39, 0.29) is 49.7 Å². The van der Waals surface area contributed by atoms with Crippen LogP contribution >= 0.6 is 23.2 Å². The molecule has 2 aliphatic heterocycles.